The van der Waals surface area contributed by atoms with E-state index in [9.17, 15) is 0 Å². The van der Waals surface area contributed by atoms with Gasteiger partial charge in [-0.05, 0) is 19.3 Å². The molecule has 1 saturated carbocycles. The van der Waals surface area contributed by atoms with Crippen LogP contribution in [0.25, 0.3) is 0 Å². The zero-order valence-corrected chi connectivity index (χ0v) is 6.92. The summed E-state index contributed by atoms with van der Waals surface area (Å²) >= 11 is 0. The van der Waals surface area contributed by atoms with Crippen molar-refractivity contribution in [3.63, 3.8) is 0 Å². The molecule has 0 unspecified atom stereocenters. The fraction of sp³-hybridized carbons (Fsp3) is 1.00. The SMILES string of the molecule is C1COC(C2CCCC2)OC1. The average Bonchev–Trinajstić information content (AvgIpc) is 2.58. The van der Waals surface area contributed by atoms with Crippen LogP contribution in [0.5, 0.6) is 0 Å². The van der Waals surface area contributed by atoms with Gasteiger partial charge in [0.1, 0.15) is 0 Å². The highest BCUT2D eigenvalue weighted by molar-refractivity contribution is 4.71. The van der Waals surface area contributed by atoms with E-state index in [1.807, 2.05) is 0 Å². The summed E-state index contributed by atoms with van der Waals surface area (Å²) in [5.41, 5.74) is 0. The van der Waals surface area contributed by atoms with Gasteiger partial charge in [-0.2, -0.15) is 0 Å². The van der Waals surface area contributed by atoms with Crippen LogP contribution in [0.2, 0.25) is 0 Å². The van der Waals surface area contributed by atoms with Crippen molar-refractivity contribution in [2.75, 3.05) is 13.2 Å². The minimum Gasteiger partial charge on any atom is -0.352 e. The van der Waals surface area contributed by atoms with Gasteiger partial charge in [0.05, 0.1) is 13.2 Å². The fourth-order valence-corrected chi connectivity index (χ4v) is 2.01. The summed E-state index contributed by atoms with van der Waals surface area (Å²) in [5.74, 6) is 0.704. The van der Waals surface area contributed by atoms with Gasteiger partial charge in [-0.3, -0.25) is 0 Å². The van der Waals surface area contributed by atoms with Gasteiger partial charge in [0.25, 0.3) is 0 Å². The predicted molar refractivity (Wildman–Crippen MR) is 42.3 cm³/mol. The molecule has 2 fully saturated rings. The smallest absolute Gasteiger partial charge is 0.160 e. The number of hydrogen-bond donors (Lipinski definition) is 0. The maximum Gasteiger partial charge on any atom is 0.160 e. The van der Waals surface area contributed by atoms with Gasteiger partial charge in [0, 0.05) is 5.92 Å². The number of ether oxygens (including phenoxy) is 2. The topological polar surface area (TPSA) is 18.5 Å². The van der Waals surface area contributed by atoms with E-state index in [0.717, 1.165) is 19.6 Å². The van der Waals surface area contributed by atoms with E-state index in [-0.39, 0.29) is 6.29 Å². The van der Waals surface area contributed by atoms with Gasteiger partial charge < -0.3 is 9.47 Å². The van der Waals surface area contributed by atoms with Crippen molar-refractivity contribution in [2.24, 2.45) is 5.92 Å². The Morgan fingerprint density at radius 2 is 1.45 bits per heavy atom. The van der Waals surface area contributed by atoms with Gasteiger partial charge in [-0.1, -0.05) is 12.8 Å². The molecule has 2 aliphatic rings. The van der Waals surface area contributed by atoms with Crippen LogP contribution in [0, 0.1) is 5.92 Å². The van der Waals surface area contributed by atoms with E-state index < -0.39 is 0 Å². The Labute approximate surface area is 67.9 Å². The van der Waals surface area contributed by atoms with Crippen LogP contribution < -0.4 is 0 Å². The van der Waals surface area contributed by atoms with Crippen LogP contribution >= 0.6 is 0 Å². The Morgan fingerprint density at radius 3 is 2.09 bits per heavy atom. The van der Waals surface area contributed by atoms with Crippen LogP contribution in [-0.2, 0) is 9.47 Å². The van der Waals surface area contributed by atoms with E-state index in [2.05, 4.69) is 0 Å². The first-order valence-corrected chi connectivity index (χ1v) is 4.70. The molecule has 0 amide bonds. The van der Waals surface area contributed by atoms with Crippen LogP contribution in [0.15, 0.2) is 0 Å². The molecule has 2 rings (SSSR count). The Hall–Kier alpha value is -0.0800. The largest absolute Gasteiger partial charge is 0.352 e. The van der Waals surface area contributed by atoms with E-state index in [1.165, 1.54) is 25.7 Å². The molecule has 2 heteroatoms. The summed E-state index contributed by atoms with van der Waals surface area (Å²) in [6.07, 6.45) is 6.58. The third kappa shape index (κ3) is 1.74. The zero-order chi connectivity index (χ0) is 7.52. The molecule has 0 radical (unpaired) electrons. The van der Waals surface area contributed by atoms with Gasteiger partial charge >= 0.3 is 0 Å². The molecule has 1 saturated heterocycles. The molecule has 0 aromatic rings. The van der Waals surface area contributed by atoms with Crippen molar-refractivity contribution in [1.29, 1.82) is 0 Å². The summed E-state index contributed by atoms with van der Waals surface area (Å²) in [6, 6.07) is 0. The van der Waals surface area contributed by atoms with E-state index in [1.54, 1.807) is 0 Å². The van der Waals surface area contributed by atoms with Gasteiger partial charge in [0.2, 0.25) is 0 Å². The van der Waals surface area contributed by atoms with Gasteiger partial charge in [-0.25, -0.2) is 0 Å². The van der Waals surface area contributed by atoms with Gasteiger partial charge in [0.15, 0.2) is 6.29 Å². The van der Waals surface area contributed by atoms with Crippen molar-refractivity contribution in [3.05, 3.63) is 0 Å². The first-order valence-electron chi connectivity index (χ1n) is 4.70. The highest BCUT2D eigenvalue weighted by Gasteiger charge is 2.27. The monoisotopic (exact) mass is 156 g/mol. The summed E-state index contributed by atoms with van der Waals surface area (Å²) in [7, 11) is 0. The summed E-state index contributed by atoms with van der Waals surface area (Å²) < 4.78 is 11.1. The molecule has 2 nitrogen and oxygen atoms in total. The van der Waals surface area contributed by atoms with E-state index in [0.29, 0.717) is 5.92 Å². The summed E-state index contributed by atoms with van der Waals surface area (Å²) in [4.78, 5) is 0. The third-order valence-corrected chi connectivity index (χ3v) is 2.64. The lowest BCUT2D eigenvalue weighted by atomic mass is 10.1. The maximum absolute atomic E-state index is 5.54. The van der Waals surface area contributed by atoms with Crippen molar-refractivity contribution >= 4 is 0 Å². The normalized spacial score (nSPS) is 29.5. The molecule has 1 aliphatic carbocycles. The van der Waals surface area contributed by atoms with E-state index in [4.69, 9.17) is 9.47 Å². The Morgan fingerprint density at radius 1 is 0.818 bits per heavy atom. The summed E-state index contributed by atoms with van der Waals surface area (Å²) in [6.45, 7) is 1.81. The molecule has 0 aromatic carbocycles. The lowest BCUT2D eigenvalue weighted by molar-refractivity contribution is -0.203. The number of hydrogen-bond acceptors (Lipinski definition) is 2. The van der Waals surface area contributed by atoms with Crippen LogP contribution in [0.3, 0.4) is 0 Å². The molecule has 1 heterocycles. The molecule has 1 aliphatic heterocycles. The van der Waals surface area contributed by atoms with Gasteiger partial charge in [-0.15, -0.1) is 0 Å². The average molecular weight is 156 g/mol. The first kappa shape index (κ1) is 7.56. The lowest BCUT2D eigenvalue weighted by Gasteiger charge is -2.27. The molecule has 0 spiro atoms. The molecule has 64 valence electrons. The Kier molecular flexibility index (Phi) is 2.44. The molecule has 0 aromatic heterocycles. The Bertz CT molecular complexity index is 113. The molecular weight excluding hydrogens is 140 g/mol. The molecular formula is C9H16O2. The quantitative estimate of drug-likeness (QED) is 0.577. The zero-order valence-electron chi connectivity index (χ0n) is 6.92. The standard InChI is InChI=1S/C9H16O2/c1-2-5-8(4-1)9-10-6-3-7-11-9/h8-9H,1-7H2. The number of rotatable bonds is 1. The van der Waals surface area contributed by atoms with Crippen molar-refractivity contribution in [2.45, 2.75) is 38.4 Å². The molecule has 11 heavy (non-hydrogen) atoms. The molecule has 0 N–H and O–H groups in total. The Balaban J connectivity index is 1.82. The van der Waals surface area contributed by atoms with Crippen molar-refractivity contribution in [3.8, 4) is 0 Å². The minimum absolute atomic E-state index is 0.145. The molecule has 0 atom stereocenters. The molecule has 0 bridgehead atoms. The van der Waals surface area contributed by atoms with E-state index >= 15 is 0 Å². The maximum atomic E-state index is 5.54. The van der Waals surface area contributed by atoms with Crippen LogP contribution in [0.1, 0.15) is 32.1 Å². The van der Waals surface area contributed by atoms with Crippen LogP contribution in [0.4, 0.5) is 0 Å². The first-order chi connectivity index (χ1) is 5.47. The third-order valence-electron chi connectivity index (χ3n) is 2.64. The minimum atomic E-state index is 0.145. The highest BCUT2D eigenvalue weighted by Crippen LogP contribution is 2.30. The second-order valence-electron chi connectivity index (χ2n) is 3.51. The summed E-state index contributed by atoms with van der Waals surface area (Å²) in [5, 5.41) is 0. The second kappa shape index (κ2) is 3.55. The fourth-order valence-electron chi connectivity index (χ4n) is 2.01. The van der Waals surface area contributed by atoms with Crippen molar-refractivity contribution in [1.82, 2.24) is 0 Å². The predicted octanol–water partition coefficient (Wildman–Crippen LogP) is 1.94. The lowest BCUT2D eigenvalue weighted by Crippen LogP contribution is -2.30. The second-order valence-corrected chi connectivity index (χ2v) is 3.51. The van der Waals surface area contributed by atoms with Crippen molar-refractivity contribution < 1.29 is 9.47 Å². The van der Waals surface area contributed by atoms with Crippen LogP contribution in [-0.4, -0.2) is 19.5 Å². The highest BCUT2D eigenvalue weighted by atomic mass is 16.7.